The van der Waals surface area contributed by atoms with Crippen LogP contribution in [0.5, 0.6) is 0 Å². The number of hydrogen-bond donors (Lipinski definition) is 0. The monoisotopic (exact) mass is 298 g/mol. The molecular weight excluding hydrogens is 280 g/mol. The first-order valence-electron chi connectivity index (χ1n) is 7.67. The second-order valence-corrected chi connectivity index (χ2v) is 5.48. The molecule has 3 rings (SSSR count). The molecule has 2 aromatic carbocycles. The number of ketones is 1. The second-order valence-electron chi connectivity index (χ2n) is 5.48. The van der Waals surface area contributed by atoms with Crippen molar-refractivity contribution in [3.05, 3.63) is 107 Å². The van der Waals surface area contributed by atoms with Gasteiger partial charge in [-0.2, -0.15) is 0 Å². The first-order chi connectivity index (χ1) is 11.2. The summed E-state index contributed by atoms with van der Waals surface area (Å²) in [4.78, 5) is 11.3. The summed E-state index contributed by atoms with van der Waals surface area (Å²) >= 11 is 0. The van der Waals surface area contributed by atoms with E-state index in [4.69, 9.17) is 0 Å². The first-order valence-corrected chi connectivity index (χ1v) is 7.67. The average Bonchev–Trinajstić information content (AvgIpc) is 2.97. The van der Waals surface area contributed by atoms with Crippen LogP contribution in [0.25, 0.3) is 11.6 Å². The van der Waals surface area contributed by atoms with Crippen molar-refractivity contribution in [3.8, 4) is 0 Å². The van der Waals surface area contributed by atoms with E-state index < -0.39 is 0 Å². The van der Waals surface area contributed by atoms with Gasteiger partial charge in [-0.25, -0.2) is 0 Å². The van der Waals surface area contributed by atoms with Crippen LogP contribution in [0.2, 0.25) is 0 Å². The fourth-order valence-electron chi connectivity index (χ4n) is 2.65. The lowest BCUT2D eigenvalue weighted by atomic mass is 9.96. The zero-order chi connectivity index (χ0) is 16.1. The van der Waals surface area contributed by atoms with Crippen molar-refractivity contribution < 1.29 is 4.79 Å². The predicted molar refractivity (Wildman–Crippen MR) is 96.7 cm³/mol. The Balaban J connectivity index is 2.09. The number of rotatable bonds is 4. The van der Waals surface area contributed by atoms with Gasteiger partial charge in [-0.1, -0.05) is 78.9 Å². The molecule has 0 saturated carbocycles. The van der Waals surface area contributed by atoms with E-state index in [1.54, 1.807) is 13.0 Å². The van der Waals surface area contributed by atoms with Gasteiger partial charge in [0.15, 0.2) is 5.78 Å². The molecule has 0 aromatic heterocycles. The van der Waals surface area contributed by atoms with E-state index in [0.29, 0.717) is 0 Å². The van der Waals surface area contributed by atoms with E-state index in [2.05, 4.69) is 42.5 Å². The van der Waals surface area contributed by atoms with Gasteiger partial charge >= 0.3 is 0 Å². The van der Waals surface area contributed by atoms with Gasteiger partial charge < -0.3 is 0 Å². The normalized spacial score (nSPS) is 15.8. The molecular formula is C22H18O. The Morgan fingerprint density at radius 1 is 0.870 bits per heavy atom. The van der Waals surface area contributed by atoms with Gasteiger partial charge in [0.25, 0.3) is 0 Å². The topological polar surface area (TPSA) is 17.1 Å². The Hall–Kier alpha value is -2.93. The van der Waals surface area contributed by atoms with Gasteiger partial charge in [0.05, 0.1) is 0 Å². The number of hydrogen-bond acceptors (Lipinski definition) is 1. The molecule has 2 aromatic rings. The van der Waals surface area contributed by atoms with Gasteiger partial charge in [0.2, 0.25) is 0 Å². The minimum atomic E-state index is 0.0544. The van der Waals surface area contributed by atoms with Crippen molar-refractivity contribution in [2.24, 2.45) is 0 Å². The third-order valence-corrected chi connectivity index (χ3v) is 3.70. The summed E-state index contributed by atoms with van der Waals surface area (Å²) < 4.78 is 0. The SMILES string of the molecule is CC(=O)/C=C\C1=C(c2ccccc2)C(=C/c2ccccc2)/C=C1. The summed E-state index contributed by atoms with van der Waals surface area (Å²) in [5, 5.41) is 0. The van der Waals surface area contributed by atoms with Crippen molar-refractivity contribution >= 4 is 17.4 Å². The maximum absolute atomic E-state index is 11.3. The van der Waals surface area contributed by atoms with Crippen molar-refractivity contribution in [1.82, 2.24) is 0 Å². The van der Waals surface area contributed by atoms with E-state index in [1.807, 2.05) is 42.5 Å². The molecule has 112 valence electrons. The minimum Gasteiger partial charge on any atom is -0.295 e. The summed E-state index contributed by atoms with van der Waals surface area (Å²) in [6, 6.07) is 20.5. The van der Waals surface area contributed by atoms with Crippen molar-refractivity contribution in [1.29, 1.82) is 0 Å². The van der Waals surface area contributed by atoms with Crippen LogP contribution in [0.1, 0.15) is 18.1 Å². The molecule has 0 N–H and O–H groups in total. The van der Waals surface area contributed by atoms with Gasteiger partial charge in [-0.15, -0.1) is 0 Å². The highest BCUT2D eigenvalue weighted by Gasteiger charge is 2.14. The van der Waals surface area contributed by atoms with E-state index in [1.165, 1.54) is 0 Å². The Bertz CT molecular complexity index is 819. The summed E-state index contributed by atoms with van der Waals surface area (Å²) in [7, 11) is 0. The molecule has 0 aliphatic heterocycles. The van der Waals surface area contributed by atoms with Crippen molar-refractivity contribution in [3.63, 3.8) is 0 Å². The van der Waals surface area contributed by atoms with Crippen molar-refractivity contribution in [2.45, 2.75) is 6.92 Å². The summed E-state index contributed by atoms with van der Waals surface area (Å²) in [5.41, 5.74) is 5.70. The van der Waals surface area contributed by atoms with Crippen molar-refractivity contribution in [2.75, 3.05) is 0 Å². The summed E-state index contributed by atoms with van der Waals surface area (Å²) in [6.45, 7) is 1.57. The summed E-state index contributed by atoms with van der Waals surface area (Å²) in [6.07, 6.45) is 9.86. The fourth-order valence-corrected chi connectivity index (χ4v) is 2.65. The molecule has 23 heavy (non-hydrogen) atoms. The highest BCUT2D eigenvalue weighted by molar-refractivity contribution is 5.96. The Kier molecular flexibility index (Phi) is 4.49. The highest BCUT2D eigenvalue weighted by atomic mass is 16.1. The number of benzene rings is 2. The van der Waals surface area contributed by atoms with Crippen LogP contribution in [0.3, 0.4) is 0 Å². The zero-order valence-electron chi connectivity index (χ0n) is 13.1. The molecule has 0 spiro atoms. The molecule has 1 aliphatic carbocycles. The molecule has 1 heteroatoms. The third kappa shape index (κ3) is 3.64. The maximum atomic E-state index is 11.3. The number of carbonyl (C=O) groups excluding carboxylic acids is 1. The van der Waals surface area contributed by atoms with E-state index in [9.17, 15) is 4.79 Å². The Morgan fingerprint density at radius 3 is 2.17 bits per heavy atom. The van der Waals surface area contributed by atoms with Crippen LogP contribution in [-0.2, 0) is 4.79 Å². The molecule has 0 saturated heterocycles. The van der Waals surface area contributed by atoms with Crippen LogP contribution in [0.15, 0.2) is 96.1 Å². The molecule has 0 atom stereocenters. The smallest absolute Gasteiger partial charge is 0.152 e. The van der Waals surface area contributed by atoms with Gasteiger partial charge in [-0.3, -0.25) is 4.79 Å². The average molecular weight is 298 g/mol. The molecule has 1 aliphatic rings. The molecule has 0 fully saturated rings. The third-order valence-electron chi connectivity index (χ3n) is 3.70. The van der Waals surface area contributed by atoms with E-state index in [0.717, 1.165) is 27.8 Å². The lowest BCUT2D eigenvalue weighted by Crippen LogP contribution is -1.88. The van der Waals surface area contributed by atoms with Crippen LogP contribution in [0, 0.1) is 0 Å². The van der Waals surface area contributed by atoms with Gasteiger partial charge in [-0.05, 0) is 46.9 Å². The van der Waals surface area contributed by atoms with Crippen LogP contribution in [-0.4, -0.2) is 5.78 Å². The standard InChI is InChI=1S/C22H18O/c1-17(23)12-13-20-14-15-21(16-18-8-4-2-5-9-18)22(20)19-10-6-3-7-11-19/h2-16H,1H3/b13-12-,21-16+. The zero-order valence-corrected chi connectivity index (χ0v) is 13.1. The molecule has 0 bridgehead atoms. The molecule has 0 radical (unpaired) electrons. The predicted octanol–water partition coefficient (Wildman–Crippen LogP) is 5.24. The maximum Gasteiger partial charge on any atom is 0.152 e. The molecule has 0 unspecified atom stereocenters. The van der Waals surface area contributed by atoms with E-state index in [-0.39, 0.29) is 5.78 Å². The quantitative estimate of drug-likeness (QED) is 0.706. The lowest BCUT2D eigenvalue weighted by molar-refractivity contribution is -0.112. The second kappa shape index (κ2) is 6.89. The van der Waals surface area contributed by atoms with Gasteiger partial charge in [0.1, 0.15) is 0 Å². The fraction of sp³-hybridized carbons (Fsp3) is 0.0455. The molecule has 0 amide bonds. The van der Waals surface area contributed by atoms with Gasteiger partial charge in [0, 0.05) is 0 Å². The number of allylic oxidation sites excluding steroid dienone is 7. The summed E-state index contributed by atoms with van der Waals surface area (Å²) in [5.74, 6) is 0.0544. The van der Waals surface area contributed by atoms with Crippen LogP contribution < -0.4 is 0 Å². The Labute approximate surface area is 137 Å². The van der Waals surface area contributed by atoms with Crippen LogP contribution >= 0.6 is 0 Å². The minimum absolute atomic E-state index is 0.0544. The lowest BCUT2D eigenvalue weighted by Gasteiger charge is -2.08. The van der Waals surface area contributed by atoms with E-state index >= 15 is 0 Å². The first kappa shape index (κ1) is 15.0. The number of carbonyl (C=O) groups is 1. The molecule has 0 heterocycles. The molecule has 1 nitrogen and oxygen atoms in total. The van der Waals surface area contributed by atoms with Crippen LogP contribution in [0.4, 0.5) is 0 Å². The largest absolute Gasteiger partial charge is 0.295 e. The Morgan fingerprint density at radius 2 is 1.52 bits per heavy atom. The highest BCUT2D eigenvalue weighted by Crippen LogP contribution is 2.35.